The van der Waals surface area contributed by atoms with E-state index in [0.717, 1.165) is 19.3 Å². The van der Waals surface area contributed by atoms with Crippen molar-refractivity contribution < 1.29 is 18.7 Å². The van der Waals surface area contributed by atoms with Gasteiger partial charge in [-0.1, -0.05) is 19.8 Å². The molecule has 0 aliphatic carbocycles. The molecule has 0 amide bonds. The summed E-state index contributed by atoms with van der Waals surface area (Å²) in [7, 11) is 0. The Kier molecular flexibility index (Phi) is 5.39. The van der Waals surface area contributed by atoms with Gasteiger partial charge >= 0.3 is 12.0 Å². The summed E-state index contributed by atoms with van der Waals surface area (Å²) < 4.78 is 15.0. The van der Waals surface area contributed by atoms with Crippen molar-refractivity contribution in [3.8, 4) is 6.08 Å². The second kappa shape index (κ2) is 6.87. The monoisotopic (exact) mass is 227 g/mol. The van der Waals surface area contributed by atoms with Gasteiger partial charge in [0.25, 0.3) is 0 Å². The Bertz CT molecular complexity index is 322. The van der Waals surface area contributed by atoms with E-state index in [-0.39, 0.29) is 11.8 Å². The maximum atomic E-state index is 11.2. The largest absolute Gasteiger partial charge is 0.461 e. The average molecular weight is 227 g/mol. The Morgan fingerprint density at radius 1 is 1.44 bits per heavy atom. The molecule has 0 unspecified atom stereocenters. The van der Waals surface area contributed by atoms with Crippen molar-refractivity contribution in [3.63, 3.8) is 0 Å². The lowest BCUT2D eigenvalue weighted by atomic mass is 10.3. The summed E-state index contributed by atoms with van der Waals surface area (Å²) >= 11 is 0. The molecule has 0 spiro atoms. The Labute approximate surface area is 94.8 Å². The van der Waals surface area contributed by atoms with Gasteiger partial charge in [-0.15, -0.1) is 0 Å². The molecule has 5 nitrogen and oxygen atoms in total. The van der Waals surface area contributed by atoms with E-state index in [1.54, 1.807) is 6.92 Å². The molecule has 0 bridgehead atoms. The highest BCUT2D eigenvalue weighted by Crippen LogP contribution is 2.11. The number of hydrogen-bond donors (Lipinski definition) is 0. The summed E-state index contributed by atoms with van der Waals surface area (Å²) in [6, 6.07) is 0. The number of esters is 1. The summed E-state index contributed by atoms with van der Waals surface area (Å²) in [5.41, 5.74) is 0.146. The van der Waals surface area contributed by atoms with Gasteiger partial charge in [0, 0.05) is 0 Å². The Morgan fingerprint density at radius 3 is 2.94 bits per heavy atom. The van der Waals surface area contributed by atoms with Crippen LogP contribution in [0.15, 0.2) is 10.7 Å². The predicted molar refractivity (Wildman–Crippen MR) is 57.5 cm³/mol. The van der Waals surface area contributed by atoms with Crippen LogP contribution in [0.2, 0.25) is 0 Å². The number of carbonyl (C=O) groups excluding carboxylic acids is 1. The van der Waals surface area contributed by atoms with Crippen LogP contribution in [0.1, 0.15) is 43.6 Å². The van der Waals surface area contributed by atoms with E-state index in [1.807, 2.05) is 0 Å². The first-order valence-corrected chi connectivity index (χ1v) is 5.53. The molecule has 0 radical (unpaired) electrons. The molecule has 0 fully saturated rings. The Morgan fingerprint density at radius 2 is 2.25 bits per heavy atom. The van der Waals surface area contributed by atoms with Gasteiger partial charge in [-0.3, -0.25) is 0 Å². The van der Waals surface area contributed by atoms with Gasteiger partial charge in [0.05, 0.1) is 13.2 Å². The summed E-state index contributed by atoms with van der Waals surface area (Å²) in [5, 5.41) is 0. The summed E-state index contributed by atoms with van der Waals surface area (Å²) in [5.74, 6) is -0.491. The molecule has 1 heterocycles. The second-order valence-corrected chi connectivity index (χ2v) is 3.27. The van der Waals surface area contributed by atoms with Gasteiger partial charge in [0.2, 0.25) is 0 Å². The molecule has 90 valence electrons. The number of rotatable bonds is 7. The fraction of sp³-hybridized carbons (Fsp3) is 0.636. The molecule has 16 heavy (non-hydrogen) atoms. The molecule has 1 aromatic rings. The number of aromatic nitrogens is 1. The van der Waals surface area contributed by atoms with Crippen LogP contribution < -0.4 is 4.74 Å². The van der Waals surface area contributed by atoms with Gasteiger partial charge in [-0.2, -0.15) is 4.98 Å². The number of hydrogen-bond acceptors (Lipinski definition) is 5. The SMILES string of the molecule is CCCCCOc1nc(C(=O)OCC)co1. The summed E-state index contributed by atoms with van der Waals surface area (Å²) in [4.78, 5) is 15.1. The average Bonchev–Trinajstić information content (AvgIpc) is 2.73. The number of nitrogens with zero attached hydrogens (tertiary/aromatic N) is 1. The highest BCUT2D eigenvalue weighted by atomic mass is 16.6. The normalized spacial score (nSPS) is 10.1. The van der Waals surface area contributed by atoms with Crippen molar-refractivity contribution in [2.24, 2.45) is 0 Å². The minimum absolute atomic E-state index is 0.124. The zero-order chi connectivity index (χ0) is 11.8. The fourth-order valence-corrected chi connectivity index (χ4v) is 1.13. The molecule has 1 aromatic heterocycles. The summed E-state index contributed by atoms with van der Waals surface area (Å²) in [6.45, 7) is 4.72. The van der Waals surface area contributed by atoms with E-state index >= 15 is 0 Å². The number of carbonyl (C=O) groups is 1. The molecule has 0 aliphatic rings. The van der Waals surface area contributed by atoms with Crippen molar-refractivity contribution in [2.45, 2.75) is 33.1 Å². The zero-order valence-corrected chi connectivity index (χ0v) is 9.69. The first-order chi connectivity index (χ1) is 7.77. The van der Waals surface area contributed by atoms with Crippen LogP contribution in [0.5, 0.6) is 6.08 Å². The highest BCUT2D eigenvalue weighted by molar-refractivity contribution is 5.86. The molecule has 1 rings (SSSR count). The zero-order valence-electron chi connectivity index (χ0n) is 9.69. The third-order valence-electron chi connectivity index (χ3n) is 1.94. The molecule has 0 saturated heterocycles. The lowest BCUT2D eigenvalue weighted by molar-refractivity contribution is 0.0519. The van der Waals surface area contributed by atoms with Crippen LogP contribution >= 0.6 is 0 Å². The Hall–Kier alpha value is -1.52. The van der Waals surface area contributed by atoms with Crippen molar-refractivity contribution >= 4 is 5.97 Å². The van der Waals surface area contributed by atoms with Gasteiger partial charge in [0.1, 0.15) is 6.26 Å². The minimum atomic E-state index is -0.491. The third-order valence-corrected chi connectivity index (χ3v) is 1.94. The van der Waals surface area contributed by atoms with Crippen LogP contribution in [0, 0.1) is 0 Å². The van der Waals surface area contributed by atoms with Crippen LogP contribution in [0.4, 0.5) is 0 Å². The maximum absolute atomic E-state index is 11.2. The first kappa shape index (κ1) is 12.5. The van der Waals surface area contributed by atoms with Gasteiger partial charge in [-0.25, -0.2) is 4.79 Å². The highest BCUT2D eigenvalue weighted by Gasteiger charge is 2.13. The van der Waals surface area contributed by atoms with Crippen molar-refractivity contribution in [3.05, 3.63) is 12.0 Å². The van der Waals surface area contributed by atoms with Gasteiger partial charge in [-0.05, 0) is 13.3 Å². The maximum Gasteiger partial charge on any atom is 0.394 e. The van der Waals surface area contributed by atoms with E-state index in [4.69, 9.17) is 13.9 Å². The number of ether oxygens (including phenoxy) is 2. The predicted octanol–water partition coefficient (Wildman–Crippen LogP) is 2.42. The molecule has 5 heteroatoms. The minimum Gasteiger partial charge on any atom is -0.461 e. The van der Waals surface area contributed by atoms with E-state index in [1.165, 1.54) is 6.26 Å². The lowest BCUT2D eigenvalue weighted by Gasteiger charge is -1.99. The van der Waals surface area contributed by atoms with E-state index < -0.39 is 5.97 Å². The molecule has 0 N–H and O–H groups in total. The van der Waals surface area contributed by atoms with Crippen LogP contribution in [0.3, 0.4) is 0 Å². The molecule has 0 aliphatic heterocycles. The lowest BCUT2D eigenvalue weighted by Crippen LogP contribution is -2.05. The van der Waals surface area contributed by atoms with Crippen molar-refractivity contribution in [2.75, 3.05) is 13.2 Å². The second-order valence-electron chi connectivity index (χ2n) is 3.27. The number of oxazole rings is 1. The smallest absolute Gasteiger partial charge is 0.394 e. The molecule has 0 saturated carbocycles. The van der Waals surface area contributed by atoms with Crippen LogP contribution in [-0.2, 0) is 4.74 Å². The molecule has 0 aromatic carbocycles. The van der Waals surface area contributed by atoms with Crippen molar-refractivity contribution in [1.82, 2.24) is 4.98 Å². The van der Waals surface area contributed by atoms with Crippen molar-refractivity contribution in [1.29, 1.82) is 0 Å². The summed E-state index contributed by atoms with van der Waals surface area (Å²) in [6.07, 6.45) is 4.55. The van der Waals surface area contributed by atoms with Gasteiger partial charge in [0.15, 0.2) is 5.69 Å². The molecular weight excluding hydrogens is 210 g/mol. The van der Waals surface area contributed by atoms with E-state index in [0.29, 0.717) is 13.2 Å². The van der Waals surface area contributed by atoms with Gasteiger partial charge < -0.3 is 13.9 Å². The Balaban J connectivity index is 2.36. The quantitative estimate of drug-likeness (QED) is 0.528. The van der Waals surface area contributed by atoms with E-state index in [2.05, 4.69) is 11.9 Å². The standard InChI is InChI=1S/C11H17NO4/c1-3-5-6-7-15-11-12-9(8-16-11)10(13)14-4-2/h8H,3-7H2,1-2H3. The first-order valence-electron chi connectivity index (χ1n) is 5.53. The van der Waals surface area contributed by atoms with Crippen LogP contribution in [-0.4, -0.2) is 24.2 Å². The van der Waals surface area contributed by atoms with Crippen LogP contribution in [0.25, 0.3) is 0 Å². The van der Waals surface area contributed by atoms with E-state index in [9.17, 15) is 4.79 Å². The fourth-order valence-electron chi connectivity index (χ4n) is 1.13. The number of unbranched alkanes of at least 4 members (excludes halogenated alkanes) is 2. The molecular formula is C11H17NO4. The molecule has 0 atom stereocenters. The third kappa shape index (κ3) is 3.92. The topological polar surface area (TPSA) is 61.6 Å².